The summed E-state index contributed by atoms with van der Waals surface area (Å²) in [4.78, 5) is 17.7. The van der Waals surface area contributed by atoms with Crippen molar-refractivity contribution in [2.24, 2.45) is 5.16 Å². The van der Waals surface area contributed by atoms with Crippen LogP contribution in [0.25, 0.3) is 0 Å². The third kappa shape index (κ3) is 4.50. The van der Waals surface area contributed by atoms with E-state index in [0.717, 1.165) is 12.5 Å². The third-order valence-corrected chi connectivity index (χ3v) is 7.13. The third-order valence-electron chi connectivity index (χ3n) is 6.39. The van der Waals surface area contributed by atoms with E-state index in [1.165, 1.54) is 17.7 Å². The van der Waals surface area contributed by atoms with Crippen molar-refractivity contribution in [1.29, 1.82) is 0 Å². The summed E-state index contributed by atoms with van der Waals surface area (Å²) in [6.07, 6.45) is -4.42. The van der Waals surface area contributed by atoms with Gasteiger partial charge < -0.3 is 10.2 Å². The molecular weight excluding hydrogens is 500 g/mol. The molecular formula is C26H19Cl2F3N2O2. The fourth-order valence-electron chi connectivity index (χ4n) is 4.29. The number of carbonyl (C=O) groups excluding carboxylic acids is 1. The molecule has 1 N–H and O–H groups in total. The molecule has 3 atom stereocenters. The average molecular weight is 519 g/mol. The molecule has 3 aromatic carbocycles. The van der Waals surface area contributed by atoms with Crippen LogP contribution in [0.3, 0.4) is 0 Å². The van der Waals surface area contributed by atoms with Crippen molar-refractivity contribution >= 4 is 34.8 Å². The molecule has 1 aliphatic carbocycles. The number of nitrogens with zero attached hydrogens (tertiary/aromatic N) is 1. The van der Waals surface area contributed by atoms with E-state index in [2.05, 4.69) is 10.5 Å². The Morgan fingerprint density at radius 2 is 1.71 bits per heavy atom. The first kappa shape index (κ1) is 23.7. The Kier molecular flexibility index (Phi) is 6.01. The van der Waals surface area contributed by atoms with Gasteiger partial charge in [0.25, 0.3) is 11.5 Å². The largest absolute Gasteiger partial charge is 0.435 e. The van der Waals surface area contributed by atoms with Gasteiger partial charge in [0.1, 0.15) is 0 Å². The molecule has 2 aliphatic rings. The van der Waals surface area contributed by atoms with E-state index in [1.54, 1.807) is 24.3 Å². The van der Waals surface area contributed by atoms with Crippen molar-refractivity contribution in [1.82, 2.24) is 5.32 Å². The van der Waals surface area contributed by atoms with Crippen LogP contribution in [0.5, 0.6) is 0 Å². The zero-order chi connectivity index (χ0) is 24.8. The lowest BCUT2D eigenvalue weighted by atomic mass is 9.86. The van der Waals surface area contributed by atoms with Gasteiger partial charge in [-0.2, -0.15) is 13.2 Å². The van der Waals surface area contributed by atoms with Crippen molar-refractivity contribution in [3.63, 3.8) is 0 Å². The number of amides is 1. The maximum Gasteiger partial charge on any atom is 0.435 e. The number of oxime groups is 1. The van der Waals surface area contributed by atoms with Gasteiger partial charge in [-0.1, -0.05) is 76.9 Å². The Morgan fingerprint density at radius 3 is 2.37 bits per heavy atom. The maximum absolute atomic E-state index is 14.1. The number of benzene rings is 3. The Morgan fingerprint density at radius 1 is 1.00 bits per heavy atom. The van der Waals surface area contributed by atoms with Crippen molar-refractivity contribution < 1.29 is 22.8 Å². The Balaban J connectivity index is 1.29. The number of alkyl halides is 3. The lowest BCUT2D eigenvalue weighted by Gasteiger charge is -2.29. The molecule has 9 heteroatoms. The topological polar surface area (TPSA) is 50.7 Å². The summed E-state index contributed by atoms with van der Waals surface area (Å²) in [5.74, 6) is 0.0614. The van der Waals surface area contributed by atoms with E-state index in [9.17, 15) is 18.0 Å². The molecule has 1 saturated carbocycles. The van der Waals surface area contributed by atoms with Gasteiger partial charge in [-0.15, -0.1) is 0 Å². The summed E-state index contributed by atoms with van der Waals surface area (Å²) in [6.45, 7) is 0. The van der Waals surface area contributed by atoms with Gasteiger partial charge >= 0.3 is 6.18 Å². The summed E-state index contributed by atoms with van der Waals surface area (Å²) >= 11 is 11.8. The highest BCUT2D eigenvalue weighted by molar-refractivity contribution is 6.42. The number of carbonyl (C=O) groups is 1. The molecule has 1 heterocycles. The van der Waals surface area contributed by atoms with Crippen LogP contribution < -0.4 is 5.32 Å². The van der Waals surface area contributed by atoms with Crippen LogP contribution in [0.2, 0.25) is 10.0 Å². The summed E-state index contributed by atoms with van der Waals surface area (Å²) < 4.78 is 42.4. The van der Waals surface area contributed by atoms with E-state index >= 15 is 0 Å². The smallest absolute Gasteiger partial charge is 0.374 e. The molecule has 180 valence electrons. The number of hydrogen-bond acceptors (Lipinski definition) is 3. The second kappa shape index (κ2) is 8.88. The normalized spacial score (nSPS) is 23.4. The highest BCUT2D eigenvalue weighted by atomic mass is 35.5. The second-order valence-electron chi connectivity index (χ2n) is 8.67. The van der Waals surface area contributed by atoms with Crippen molar-refractivity contribution in [2.45, 2.75) is 36.6 Å². The van der Waals surface area contributed by atoms with Gasteiger partial charge in [0.05, 0.1) is 15.8 Å². The first-order chi connectivity index (χ1) is 16.7. The van der Waals surface area contributed by atoms with Gasteiger partial charge in [0, 0.05) is 29.5 Å². The Bertz CT molecular complexity index is 1300. The van der Waals surface area contributed by atoms with E-state index in [4.69, 9.17) is 28.0 Å². The molecule has 0 aromatic heterocycles. The average Bonchev–Trinajstić information content (AvgIpc) is 3.45. The Labute approximate surface area is 209 Å². The lowest BCUT2D eigenvalue weighted by Crippen LogP contribution is -2.42. The molecule has 0 bridgehead atoms. The SMILES string of the molecule is O=C(NC1CC1c1ccccc1)c1ccc(C2=NOC(c3ccc(Cl)c(Cl)c3)(C(F)(F)F)C2)cc1. The van der Waals surface area contributed by atoms with E-state index in [1.807, 2.05) is 30.3 Å². The molecule has 1 amide bonds. The van der Waals surface area contributed by atoms with Gasteiger partial charge in [-0.3, -0.25) is 4.79 Å². The summed E-state index contributed by atoms with van der Waals surface area (Å²) in [5, 5.41) is 6.89. The van der Waals surface area contributed by atoms with Gasteiger partial charge in [0.15, 0.2) is 0 Å². The molecule has 1 fully saturated rings. The lowest BCUT2D eigenvalue weighted by molar-refractivity contribution is -0.275. The predicted molar refractivity (Wildman–Crippen MR) is 128 cm³/mol. The molecule has 0 saturated heterocycles. The van der Waals surface area contributed by atoms with E-state index in [-0.39, 0.29) is 33.3 Å². The number of rotatable bonds is 5. The molecule has 1 aliphatic heterocycles. The number of halogens is 5. The standard InChI is InChI=1S/C26H19Cl2F3N2O2/c27-20-11-10-18(12-21(20)28)25(26(29,30)31)14-23(33-35-25)16-6-8-17(9-7-16)24(34)32-22-13-19(22)15-4-2-1-3-5-15/h1-12,19,22H,13-14H2,(H,32,34). The first-order valence-electron chi connectivity index (χ1n) is 10.9. The van der Waals surface area contributed by atoms with Crippen molar-refractivity contribution in [3.05, 3.63) is 105 Å². The molecule has 5 rings (SSSR count). The molecule has 4 nitrogen and oxygen atoms in total. The zero-order valence-electron chi connectivity index (χ0n) is 18.2. The van der Waals surface area contributed by atoms with Crippen LogP contribution >= 0.6 is 23.2 Å². The van der Waals surface area contributed by atoms with Gasteiger partial charge in [-0.05, 0) is 41.8 Å². The predicted octanol–water partition coefficient (Wildman–Crippen LogP) is 6.86. The Hall–Kier alpha value is -3.03. The van der Waals surface area contributed by atoms with Crippen molar-refractivity contribution in [3.8, 4) is 0 Å². The number of nitrogens with one attached hydrogen (secondary N) is 1. The fourth-order valence-corrected chi connectivity index (χ4v) is 4.59. The second-order valence-corrected chi connectivity index (χ2v) is 9.48. The van der Waals surface area contributed by atoms with E-state index < -0.39 is 18.2 Å². The van der Waals surface area contributed by atoms with Crippen LogP contribution in [0, 0.1) is 0 Å². The zero-order valence-corrected chi connectivity index (χ0v) is 19.7. The first-order valence-corrected chi connectivity index (χ1v) is 11.7. The summed E-state index contributed by atoms with van der Waals surface area (Å²) in [7, 11) is 0. The van der Waals surface area contributed by atoms with Crippen LogP contribution in [-0.2, 0) is 10.4 Å². The fraction of sp³-hybridized carbons (Fsp3) is 0.231. The van der Waals surface area contributed by atoms with Gasteiger partial charge in [0.2, 0.25) is 0 Å². The monoisotopic (exact) mass is 518 g/mol. The highest BCUT2D eigenvalue weighted by Crippen LogP contribution is 2.49. The van der Waals surface area contributed by atoms with Crippen LogP contribution in [-0.4, -0.2) is 23.8 Å². The van der Waals surface area contributed by atoms with Gasteiger partial charge in [-0.25, -0.2) is 0 Å². The molecule has 3 aromatic rings. The maximum atomic E-state index is 14.1. The molecule has 3 unspecified atom stereocenters. The highest BCUT2D eigenvalue weighted by Gasteiger charge is 2.62. The number of hydrogen-bond donors (Lipinski definition) is 1. The quantitative estimate of drug-likeness (QED) is 0.401. The van der Waals surface area contributed by atoms with E-state index in [0.29, 0.717) is 17.0 Å². The van der Waals surface area contributed by atoms with Crippen LogP contribution in [0.15, 0.2) is 78.0 Å². The summed E-state index contributed by atoms with van der Waals surface area (Å²) in [5.41, 5.74) is -0.717. The molecule has 0 spiro atoms. The van der Waals surface area contributed by atoms with Crippen molar-refractivity contribution in [2.75, 3.05) is 0 Å². The molecule has 0 radical (unpaired) electrons. The van der Waals surface area contributed by atoms with Crippen LogP contribution in [0.1, 0.15) is 45.8 Å². The minimum Gasteiger partial charge on any atom is -0.374 e. The van der Waals surface area contributed by atoms with Crippen LogP contribution in [0.4, 0.5) is 13.2 Å². The minimum atomic E-state index is -4.76. The minimum absolute atomic E-state index is 0.00891. The summed E-state index contributed by atoms with van der Waals surface area (Å²) in [6, 6.07) is 20.0. The molecule has 35 heavy (non-hydrogen) atoms.